The molecule has 18 heavy (non-hydrogen) atoms. The summed E-state index contributed by atoms with van der Waals surface area (Å²) in [5, 5.41) is 7.15. The van der Waals surface area contributed by atoms with Gasteiger partial charge in [0.2, 0.25) is 5.91 Å². The molecule has 0 aromatic carbocycles. The number of rotatable bonds is 4. The van der Waals surface area contributed by atoms with Crippen LogP contribution < -0.4 is 5.32 Å². The van der Waals surface area contributed by atoms with Crippen LogP contribution in [0, 0.1) is 13.8 Å². The van der Waals surface area contributed by atoms with Crippen LogP contribution in [0.5, 0.6) is 0 Å². The molecule has 0 atom stereocenters. The highest BCUT2D eigenvalue weighted by Gasteiger charge is 2.12. The van der Waals surface area contributed by atoms with Crippen molar-refractivity contribution < 1.29 is 9.21 Å². The number of furan rings is 1. The van der Waals surface area contributed by atoms with Gasteiger partial charge in [0.1, 0.15) is 5.76 Å². The van der Waals surface area contributed by atoms with Crippen LogP contribution in [0.4, 0.5) is 5.69 Å². The molecule has 5 heteroatoms. The zero-order chi connectivity index (χ0) is 13.1. The third kappa shape index (κ3) is 2.61. The van der Waals surface area contributed by atoms with Crippen molar-refractivity contribution in [1.29, 1.82) is 0 Å². The first-order valence-corrected chi connectivity index (χ1v) is 5.90. The fraction of sp³-hybridized carbons (Fsp3) is 0.385. The van der Waals surface area contributed by atoms with Gasteiger partial charge in [0.15, 0.2) is 0 Å². The summed E-state index contributed by atoms with van der Waals surface area (Å²) in [4.78, 5) is 11.8. The van der Waals surface area contributed by atoms with Crippen molar-refractivity contribution in [1.82, 2.24) is 9.78 Å². The van der Waals surface area contributed by atoms with Crippen LogP contribution in [-0.2, 0) is 18.3 Å². The van der Waals surface area contributed by atoms with Gasteiger partial charge >= 0.3 is 0 Å². The summed E-state index contributed by atoms with van der Waals surface area (Å²) in [6.45, 7) is 3.82. The lowest BCUT2D eigenvalue weighted by Gasteiger charge is -2.04. The number of amides is 1. The maximum Gasteiger partial charge on any atom is 0.224 e. The largest absolute Gasteiger partial charge is 0.469 e. The van der Waals surface area contributed by atoms with E-state index in [2.05, 4.69) is 10.4 Å². The van der Waals surface area contributed by atoms with E-state index in [9.17, 15) is 4.79 Å². The van der Waals surface area contributed by atoms with Gasteiger partial charge in [-0.25, -0.2) is 0 Å². The number of aryl methyl sites for hydroxylation is 3. The van der Waals surface area contributed by atoms with Crippen LogP contribution in [0.3, 0.4) is 0 Å². The Bertz CT molecular complexity index is 541. The maximum absolute atomic E-state index is 11.8. The van der Waals surface area contributed by atoms with Crippen LogP contribution in [0.2, 0.25) is 0 Å². The number of carbonyl (C=O) groups excluding carboxylic acids is 1. The summed E-state index contributed by atoms with van der Waals surface area (Å²) in [5.41, 5.74) is 2.60. The van der Waals surface area contributed by atoms with Gasteiger partial charge in [0, 0.05) is 19.9 Å². The zero-order valence-corrected chi connectivity index (χ0v) is 10.9. The van der Waals surface area contributed by atoms with Crippen molar-refractivity contribution in [3.05, 3.63) is 35.5 Å². The Morgan fingerprint density at radius 2 is 2.28 bits per heavy atom. The van der Waals surface area contributed by atoms with E-state index in [-0.39, 0.29) is 5.91 Å². The lowest BCUT2D eigenvalue weighted by Crippen LogP contribution is -2.13. The van der Waals surface area contributed by atoms with Crippen molar-refractivity contribution in [3.63, 3.8) is 0 Å². The number of carbonyl (C=O) groups is 1. The fourth-order valence-electron chi connectivity index (χ4n) is 1.85. The second kappa shape index (κ2) is 5.08. The van der Waals surface area contributed by atoms with Crippen LogP contribution in [0.15, 0.2) is 22.8 Å². The van der Waals surface area contributed by atoms with Gasteiger partial charge in [-0.15, -0.1) is 0 Å². The first-order chi connectivity index (χ1) is 8.58. The minimum atomic E-state index is -0.0226. The number of anilines is 1. The summed E-state index contributed by atoms with van der Waals surface area (Å²) in [7, 11) is 1.86. The van der Waals surface area contributed by atoms with Crippen molar-refractivity contribution in [2.75, 3.05) is 5.32 Å². The molecule has 0 aliphatic heterocycles. The summed E-state index contributed by atoms with van der Waals surface area (Å²) < 4.78 is 6.95. The van der Waals surface area contributed by atoms with E-state index in [1.54, 1.807) is 10.9 Å². The third-order valence-corrected chi connectivity index (χ3v) is 2.95. The molecule has 0 aliphatic carbocycles. The molecule has 0 spiro atoms. The monoisotopic (exact) mass is 247 g/mol. The van der Waals surface area contributed by atoms with Gasteiger partial charge in [-0.1, -0.05) is 0 Å². The summed E-state index contributed by atoms with van der Waals surface area (Å²) in [6.07, 6.45) is 2.63. The molecule has 96 valence electrons. The van der Waals surface area contributed by atoms with E-state index in [1.807, 2.05) is 33.0 Å². The molecule has 0 saturated carbocycles. The number of nitrogens with zero attached hydrogens (tertiary/aromatic N) is 2. The number of hydrogen-bond acceptors (Lipinski definition) is 3. The molecule has 0 fully saturated rings. The van der Waals surface area contributed by atoms with Gasteiger partial charge in [0.05, 0.1) is 23.3 Å². The maximum atomic E-state index is 11.8. The summed E-state index contributed by atoms with van der Waals surface area (Å²) in [6, 6.07) is 3.69. The average molecular weight is 247 g/mol. The molecule has 0 aliphatic rings. The molecule has 2 aromatic rings. The van der Waals surface area contributed by atoms with Gasteiger partial charge in [0.25, 0.3) is 0 Å². The minimum Gasteiger partial charge on any atom is -0.469 e. The minimum absolute atomic E-state index is 0.0226. The second-order valence-electron chi connectivity index (χ2n) is 4.30. The Morgan fingerprint density at radius 3 is 2.83 bits per heavy atom. The molecule has 1 N–H and O–H groups in total. The standard InChI is InChI=1S/C13H17N3O2/c1-9-13(10(2)16(3)15-9)14-12(17)7-6-11-5-4-8-18-11/h4-5,8H,6-7H2,1-3H3,(H,14,17). The zero-order valence-electron chi connectivity index (χ0n) is 10.9. The molecular weight excluding hydrogens is 230 g/mol. The summed E-state index contributed by atoms with van der Waals surface area (Å²) >= 11 is 0. The lowest BCUT2D eigenvalue weighted by molar-refractivity contribution is -0.116. The van der Waals surface area contributed by atoms with E-state index < -0.39 is 0 Å². The predicted molar refractivity (Wildman–Crippen MR) is 68.3 cm³/mol. The first-order valence-electron chi connectivity index (χ1n) is 5.90. The Kier molecular flexibility index (Phi) is 3.50. The topological polar surface area (TPSA) is 60.1 Å². The predicted octanol–water partition coefficient (Wildman–Crippen LogP) is 2.20. The van der Waals surface area contributed by atoms with Gasteiger partial charge in [-0.2, -0.15) is 5.10 Å². The highest BCUT2D eigenvalue weighted by Crippen LogP contribution is 2.18. The molecule has 0 saturated heterocycles. The Balaban J connectivity index is 1.95. The Morgan fingerprint density at radius 1 is 1.50 bits per heavy atom. The smallest absolute Gasteiger partial charge is 0.224 e. The lowest BCUT2D eigenvalue weighted by atomic mass is 10.2. The highest BCUT2D eigenvalue weighted by atomic mass is 16.3. The quantitative estimate of drug-likeness (QED) is 0.901. The molecule has 2 aromatic heterocycles. The van der Waals surface area contributed by atoms with Crippen LogP contribution in [-0.4, -0.2) is 15.7 Å². The van der Waals surface area contributed by atoms with Gasteiger partial charge < -0.3 is 9.73 Å². The van der Waals surface area contributed by atoms with Crippen LogP contribution >= 0.6 is 0 Å². The highest BCUT2D eigenvalue weighted by molar-refractivity contribution is 5.91. The summed E-state index contributed by atoms with van der Waals surface area (Å²) in [5.74, 6) is 0.801. The molecule has 2 rings (SSSR count). The van der Waals surface area contributed by atoms with Crippen molar-refractivity contribution in [3.8, 4) is 0 Å². The normalized spacial score (nSPS) is 10.6. The van der Waals surface area contributed by atoms with Crippen LogP contribution in [0.1, 0.15) is 23.6 Å². The first kappa shape index (κ1) is 12.4. The number of nitrogens with one attached hydrogen (secondary N) is 1. The van der Waals surface area contributed by atoms with Gasteiger partial charge in [-0.05, 0) is 26.0 Å². The second-order valence-corrected chi connectivity index (χ2v) is 4.30. The van der Waals surface area contributed by atoms with E-state index in [1.165, 1.54) is 0 Å². The molecule has 0 unspecified atom stereocenters. The molecule has 5 nitrogen and oxygen atoms in total. The van der Waals surface area contributed by atoms with E-state index in [4.69, 9.17) is 4.42 Å². The third-order valence-electron chi connectivity index (χ3n) is 2.95. The van der Waals surface area contributed by atoms with Crippen LogP contribution in [0.25, 0.3) is 0 Å². The van der Waals surface area contributed by atoms with E-state index >= 15 is 0 Å². The molecule has 0 radical (unpaired) electrons. The van der Waals surface area contributed by atoms with Gasteiger partial charge in [-0.3, -0.25) is 9.48 Å². The fourth-order valence-corrected chi connectivity index (χ4v) is 1.85. The molecule has 2 heterocycles. The number of hydrogen-bond donors (Lipinski definition) is 1. The van der Waals surface area contributed by atoms with Crippen molar-refractivity contribution in [2.24, 2.45) is 7.05 Å². The molecule has 1 amide bonds. The molecule has 0 bridgehead atoms. The molecular formula is C13H17N3O2. The Hall–Kier alpha value is -2.04. The Labute approximate surface area is 106 Å². The average Bonchev–Trinajstić information content (AvgIpc) is 2.92. The SMILES string of the molecule is Cc1nn(C)c(C)c1NC(=O)CCc1ccco1. The van der Waals surface area contributed by atoms with Crippen molar-refractivity contribution in [2.45, 2.75) is 26.7 Å². The van der Waals surface area contributed by atoms with E-state index in [0.717, 1.165) is 22.8 Å². The van der Waals surface area contributed by atoms with E-state index in [0.29, 0.717) is 12.8 Å². The van der Waals surface area contributed by atoms with Crippen molar-refractivity contribution >= 4 is 11.6 Å². The number of aromatic nitrogens is 2.